The number of benzene rings is 1. The van der Waals surface area contributed by atoms with Crippen molar-refractivity contribution in [3.05, 3.63) is 45.7 Å². The summed E-state index contributed by atoms with van der Waals surface area (Å²) < 4.78 is 16.5. The summed E-state index contributed by atoms with van der Waals surface area (Å²) in [5.74, 6) is 1.00. The molecule has 0 aliphatic carbocycles. The minimum absolute atomic E-state index is 0.0126. The third-order valence-corrected chi connectivity index (χ3v) is 4.25. The summed E-state index contributed by atoms with van der Waals surface area (Å²) in [7, 11) is 3.03. The lowest BCUT2D eigenvalue weighted by molar-refractivity contribution is -0.123. The van der Waals surface area contributed by atoms with Crippen molar-refractivity contribution in [2.75, 3.05) is 20.8 Å². The lowest BCUT2D eigenvalue weighted by atomic mass is 10.1. The van der Waals surface area contributed by atoms with Gasteiger partial charge in [0.15, 0.2) is 18.1 Å². The number of rotatable bonds is 8. The van der Waals surface area contributed by atoms with E-state index in [0.29, 0.717) is 38.4 Å². The van der Waals surface area contributed by atoms with Crippen LogP contribution in [0.1, 0.15) is 25.0 Å². The van der Waals surface area contributed by atoms with Crippen LogP contribution in [0, 0.1) is 0 Å². The Labute approximate surface area is 174 Å². The average molecular weight is 425 g/mol. The van der Waals surface area contributed by atoms with Crippen molar-refractivity contribution in [2.45, 2.75) is 19.9 Å². The molecule has 1 N–H and O–H groups in total. The summed E-state index contributed by atoms with van der Waals surface area (Å²) in [5, 5.41) is 3.61. The summed E-state index contributed by atoms with van der Waals surface area (Å²) in [6.45, 7) is 3.58. The maximum absolute atomic E-state index is 12.0. The second-order valence-corrected chi connectivity index (χ2v) is 6.89. The van der Waals surface area contributed by atoms with Crippen LogP contribution in [0.3, 0.4) is 0 Å². The van der Waals surface area contributed by atoms with Crippen molar-refractivity contribution in [3.8, 4) is 17.2 Å². The Bertz CT molecular complexity index is 849. The number of hydrogen-bond donors (Lipinski definition) is 1. The molecule has 0 spiro atoms. The number of ether oxygens (including phenoxy) is 3. The molecule has 150 valence electrons. The molecular formula is C20H22Cl2N2O4. The zero-order valence-corrected chi connectivity index (χ0v) is 17.6. The van der Waals surface area contributed by atoms with Crippen LogP contribution in [-0.2, 0) is 4.79 Å². The highest BCUT2D eigenvalue weighted by molar-refractivity contribution is 6.37. The Morgan fingerprint density at radius 2 is 1.79 bits per heavy atom. The Kier molecular flexibility index (Phi) is 7.96. The molecule has 0 saturated carbocycles. The van der Waals surface area contributed by atoms with E-state index in [4.69, 9.17) is 37.4 Å². The van der Waals surface area contributed by atoms with Crippen LogP contribution in [0.15, 0.2) is 24.5 Å². The number of methoxy groups -OCH3 is 2. The van der Waals surface area contributed by atoms with Gasteiger partial charge in [-0.1, -0.05) is 35.4 Å². The van der Waals surface area contributed by atoms with E-state index in [-0.39, 0.29) is 18.6 Å². The lowest BCUT2D eigenvalue weighted by Crippen LogP contribution is -2.34. The third-order valence-electron chi connectivity index (χ3n) is 3.65. The Hall–Kier alpha value is -2.44. The first kappa shape index (κ1) is 21.9. The van der Waals surface area contributed by atoms with Crippen molar-refractivity contribution < 1.29 is 19.0 Å². The molecule has 28 heavy (non-hydrogen) atoms. The molecule has 0 aliphatic rings. The van der Waals surface area contributed by atoms with Gasteiger partial charge in [0.25, 0.3) is 5.91 Å². The standard InChI is InChI=1S/C20H22Cl2N2O4/c1-12(2)24-18(25)11-28-19-13(6-8-17(26-3)20(19)27-4)5-7-14-15(21)9-23-10-16(14)22/h5-10,12H,11H2,1-4H3,(H,24,25). The van der Waals surface area contributed by atoms with Gasteiger partial charge in [-0.2, -0.15) is 0 Å². The summed E-state index contributed by atoms with van der Waals surface area (Å²) in [5.41, 5.74) is 1.29. The van der Waals surface area contributed by atoms with Gasteiger partial charge in [-0.25, -0.2) is 0 Å². The molecule has 0 aliphatic heterocycles. The normalized spacial score (nSPS) is 11.0. The smallest absolute Gasteiger partial charge is 0.258 e. The van der Waals surface area contributed by atoms with E-state index in [2.05, 4.69) is 10.3 Å². The van der Waals surface area contributed by atoms with E-state index >= 15 is 0 Å². The van der Waals surface area contributed by atoms with E-state index in [9.17, 15) is 4.79 Å². The van der Waals surface area contributed by atoms with Gasteiger partial charge in [-0.15, -0.1) is 0 Å². The van der Waals surface area contributed by atoms with E-state index in [1.165, 1.54) is 26.6 Å². The first-order chi connectivity index (χ1) is 13.4. The van der Waals surface area contributed by atoms with E-state index in [1.54, 1.807) is 24.3 Å². The minimum Gasteiger partial charge on any atom is -0.493 e. The number of nitrogens with one attached hydrogen (secondary N) is 1. The van der Waals surface area contributed by atoms with Crippen molar-refractivity contribution in [1.29, 1.82) is 0 Å². The molecule has 1 heterocycles. The minimum atomic E-state index is -0.241. The molecule has 0 unspecified atom stereocenters. The molecule has 0 saturated heterocycles. The predicted molar refractivity (Wildman–Crippen MR) is 112 cm³/mol. The number of carbonyl (C=O) groups is 1. The monoisotopic (exact) mass is 424 g/mol. The van der Waals surface area contributed by atoms with Crippen LogP contribution in [0.4, 0.5) is 0 Å². The summed E-state index contributed by atoms with van der Waals surface area (Å²) >= 11 is 12.3. The quantitative estimate of drug-likeness (QED) is 0.676. The number of nitrogens with zero attached hydrogens (tertiary/aromatic N) is 1. The van der Waals surface area contributed by atoms with Gasteiger partial charge in [-0.3, -0.25) is 9.78 Å². The first-order valence-corrected chi connectivity index (χ1v) is 9.27. The van der Waals surface area contributed by atoms with Crippen LogP contribution in [0.2, 0.25) is 10.0 Å². The molecule has 6 nitrogen and oxygen atoms in total. The van der Waals surface area contributed by atoms with Crippen molar-refractivity contribution in [3.63, 3.8) is 0 Å². The second-order valence-electron chi connectivity index (χ2n) is 6.08. The van der Waals surface area contributed by atoms with Crippen LogP contribution in [0.25, 0.3) is 12.2 Å². The number of halogens is 2. The van der Waals surface area contributed by atoms with Crippen molar-refractivity contribution in [2.24, 2.45) is 0 Å². The lowest BCUT2D eigenvalue weighted by Gasteiger charge is -2.16. The average Bonchev–Trinajstić information content (AvgIpc) is 2.65. The van der Waals surface area contributed by atoms with Crippen LogP contribution < -0.4 is 19.5 Å². The van der Waals surface area contributed by atoms with Crippen LogP contribution >= 0.6 is 23.2 Å². The maximum Gasteiger partial charge on any atom is 0.258 e. The molecule has 0 radical (unpaired) electrons. The molecular weight excluding hydrogens is 403 g/mol. The molecule has 1 aromatic carbocycles. The molecule has 0 bridgehead atoms. The summed E-state index contributed by atoms with van der Waals surface area (Å²) in [6.07, 6.45) is 6.53. The van der Waals surface area contributed by atoms with E-state index in [1.807, 2.05) is 13.8 Å². The molecule has 1 amide bonds. The second kappa shape index (κ2) is 10.2. The molecule has 2 rings (SSSR count). The van der Waals surface area contributed by atoms with Crippen LogP contribution in [-0.4, -0.2) is 37.8 Å². The number of aromatic nitrogens is 1. The number of hydrogen-bond acceptors (Lipinski definition) is 5. The van der Waals surface area contributed by atoms with Gasteiger partial charge in [0.05, 0.1) is 24.3 Å². The predicted octanol–water partition coefficient (Wildman–Crippen LogP) is 4.48. The topological polar surface area (TPSA) is 69.7 Å². The zero-order chi connectivity index (χ0) is 20.7. The molecule has 2 aromatic rings. The largest absolute Gasteiger partial charge is 0.493 e. The third kappa shape index (κ3) is 5.53. The Morgan fingerprint density at radius 1 is 1.11 bits per heavy atom. The highest BCUT2D eigenvalue weighted by Gasteiger charge is 2.17. The highest BCUT2D eigenvalue weighted by atomic mass is 35.5. The molecule has 0 atom stereocenters. The fourth-order valence-corrected chi connectivity index (χ4v) is 2.94. The number of amides is 1. The van der Waals surface area contributed by atoms with Gasteiger partial charge in [0.2, 0.25) is 5.75 Å². The Morgan fingerprint density at radius 3 is 2.36 bits per heavy atom. The first-order valence-electron chi connectivity index (χ1n) is 8.51. The number of carbonyl (C=O) groups excluding carboxylic acids is 1. The van der Waals surface area contributed by atoms with Crippen LogP contribution in [0.5, 0.6) is 17.2 Å². The van der Waals surface area contributed by atoms with Gasteiger partial charge < -0.3 is 19.5 Å². The fraction of sp³-hybridized carbons (Fsp3) is 0.300. The van der Waals surface area contributed by atoms with Gasteiger partial charge >= 0.3 is 0 Å². The molecule has 0 fully saturated rings. The van der Waals surface area contributed by atoms with Gasteiger partial charge in [0.1, 0.15) is 0 Å². The van der Waals surface area contributed by atoms with Gasteiger partial charge in [-0.05, 0) is 26.0 Å². The van der Waals surface area contributed by atoms with Crippen molar-refractivity contribution >= 4 is 41.3 Å². The fourth-order valence-electron chi connectivity index (χ4n) is 2.45. The molecule has 8 heteroatoms. The summed E-state index contributed by atoms with van der Waals surface area (Å²) in [4.78, 5) is 15.9. The molecule has 1 aromatic heterocycles. The maximum atomic E-state index is 12.0. The van der Waals surface area contributed by atoms with E-state index in [0.717, 1.165) is 0 Å². The van der Waals surface area contributed by atoms with E-state index < -0.39 is 0 Å². The van der Waals surface area contributed by atoms with Crippen molar-refractivity contribution in [1.82, 2.24) is 10.3 Å². The highest BCUT2D eigenvalue weighted by Crippen LogP contribution is 2.41. The SMILES string of the molecule is COc1ccc(C=Cc2c(Cl)cncc2Cl)c(OCC(=O)NC(C)C)c1OC. The van der Waals surface area contributed by atoms with Gasteiger partial charge in [0, 0.05) is 29.6 Å². The number of pyridine rings is 1. The zero-order valence-electron chi connectivity index (χ0n) is 16.1. The Balaban J connectivity index is 2.40. The summed E-state index contributed by atoms with van der Waals surface area (Å²) in [6, 6.07) is 3.55.